The first-order chi connectivity index (χ1) is 13.8. The number of methoxy groups -OCH3 is 1. The van der Waals surface area contributed by atoms with Crippen molar-refractivity contribution in [2.45, 2.75) is 44.4 Å². The van der Waals surface area contributed by atoms with Crippen LogP contribution in [0.25, 0.3) is 0 Å². The van der Waals surface area contributed by atoms with Crippen molar-refractivity contribution in [3.05, 3.63) is 53.1 Å². The van der Waals surface area contributed by atoms with Gasteiger partial charge in [-0.2, -0.15) is 0 Å². The van der Waals surface area contributed by atoms with Gasteiger partial charge in [0.15, 0.2) is 0 Å². The fourth-order valence-electron chi connectivity index (χ4n) is 3.85. The highest BCUT2D eigenvalue weighted by Crippen LogP contribution is 2.29. The van der Waals surface area contributed by atoms with Crippen LogP contribution in [-0.4, -0.2) is 39.4 Å². The summed E-state index contributed by atoms with van der Waals surface area (Å²) >= 11 is 0. The van der Waals surface area contributed by atoms with Crippen LogP contribution in [0.1, 0.15) is 47.2 Å². The predicted molar refractivity (Wildman–Crippen MR) is 114 cm³/mol. The molecule has 0 spiro atoms. The first kappa shape index (κ1) is 21.2. The van der Waals surface area contributed by atoms with Crippen molar-refractivity contribution in [3.8, 4) is 5.75 Å². The van der Waals surface area contributed by atoms with E-state index in [4.69, 9.17) is 4.74 Å². The van der Waals surface area contributed by atoms with Gasteiger partial charge in [-0.1, -0.05) is 25.0 Å². The van der Waals surface area contributed by atoms with Crippen LogP contribution < -0.4 is 9.46 Å². The standard InChI is InChI=1S/C22H28N2O4S/c1-16-14-18(28-3)15-17(2)21(16)29(26,27)23-20-11-7-6-10-19(20)22(25)24-12-8-4-5-9-13-24/h6-7,10-11,14-15,23H,4-5,8-9,12-13H2,1-3H3. The van der Waals surface area contributed by atoms with Crippen LogP contribution in [0.2, 0.25) is 0 Å². The molecule has 1 N–H and O–H groups in total. The van der Waals surface area contributed by atoms with Crippen molar-refractivity contribution in [2.24, 2.45) is 0 Å². The van der Waals surface area contributed by atoms with E-state index in [1.807, 2.05) is 4.90 Å². The van der Waals surface area contributed by atoms with Crippen LogP contribution in [0.4, 0.5) is 5.69 Å². The number of carbonyl (C=O) groups excluding carboxylic acids is 1. The third kappa shape index (κ3) is 4.72. The molecule has 0 atom stereocenters. The van der Waals surface area contributed by atoms with Crippen molar-refractivity contribution in [1.29, 1.82) is 0 Å². The van der Waals surface area contributed by atoms with Gasteiger partial charge in [0, 0.05) is 13.1 Å². The number of aryl methyl sites for hydroxylation is 2. The van der Waals surface area contributed by atoms with Crippen LogP contribution >= 0.6 is 0 Å². The monoisotopic (exact) mass is 416 g/mol. The molecule has 0 saturated carbocycles. The Bertz CT molecular complexity index is 971. The normalized spacial score (nSPS) is 14.9. The van der Waals surface area contributed by atoms with E-state index in [1.54, 1.807) is 57.4 Å². The summed E-state index contributed by atoms with van der Waals surface area (Å²) in [6, 6.07) is 10.2. The second kappa shape index (κ2) is 8.86. The van der Waals surface area contributed by atoms with Crippen LogP contribution in [0.3, 0.4) is 0 Å². The molecule has 0 radical (unpaired) electrons. The summed E-state index contributed by atoms with van der Waals surface area (Å²) in [6.45, 7) is 4.88. The van der Waals surface area contributed by atoms with E-state index in [9.17, 15) is 13.2 Å². The van der Waals surface area contributed by atoms with Crippen molar-refractivity contribution in [2.75, 3.05) is 24.9 Å². The van der Waals surface area contributed by atoms with Crippen molar-refractivity contribution in [3.63, 3.8) is 0 Å². The maximum atomic E-state index is 13.2. The zero-order valence-electron chi connectivity index (χ0n) is 17.2. The molecule has 7 heteroatoms. The van der Waals surface area contributed by atoms with Gasteiger partial charge in [-0.05, 0) is 62.1 Å². The molecule has 0 bridgehead atoms. The average molecular weight is 417 g/mol. The summed E-state index contributed by atoms with van der Waals surface area (Å²) in [6.07, 6.45) is 4.19. The summed E-state index contributed by atoms with van der Waals surface area (Å²) < 4.78 is 34.2. The molecular weight excluding hydrogens is 388 g/mol. The number of nitrogens with one attached hydrogen (secondary N) is 1. The SMILES string of the molecule is COc1cc(C)c(S(=O)(=O)Nc2ccccc2C(=O)N2CCCCCC2)c(C)c1. The third-order valence-corrected chi connectivity index (χ3v) is 6.90. The number of benzene rings is 2. The number of likely N-dealkylation sites (tertiary alicyclic amines) is 1. The number of hydrogen-bond donors (Lipinski definition) is 1. The van der Waals surface area contributed by atoms with E-state index >= 15 is 0 Å². The van der Waals surface area contributed by atoms with Crippen LogP contribution in [0, 0.1) is 13.8 Å². The molecule has 3 rings (SSSR count). The minimum absolute atomic E-state index is 0.131. The first-order valence-electron chi connectivity index (χ1n) is 9.90. The molecule has 1 aliphatic heterocycles. The topological polar surface area (TPSA) is 75.7 Å². The van der Waals surface area contributed by atoms with Crippen LogP contribution in [0.5, 0.6) is 5.75 Å². The first-order valence-corrected chi connectivity index (χ1v) is 11.4. The van der Waals surface area contributed by atoms with Gasteiger partial charge in [0.25, 0.3) is 15.9 Å². The van der Waals surface area contributed by atoms with Gasteiger partial charge in [-0.3, -0.25) is 9.52 Å². The zero-order chi connectivity index (χ0) is 21.0. The molecule has 1 saturated heterocycles. The number of anilines is 1. The quantitative estimate of drug-likeness (QED) is 0.795. The smallest absolute Gasteiger partial charge is 0.262 e. The number of ether oxygens (including phenoxy) is 1. The van der Waals surface area contributed by atoms with Gasteiger partial charge < -0.3 is 9.64 Å². The second-order valence-electron chi connectivity index (χ2n) is 7.45. The van der Waals surface area contributed by atoms with Gasteiger partial charge in [-0.15, -0.1) is 0 Å². The van der Waals surface area contributed by atoms with Crippen molar-refractivity contribution >= 4 is 21.6 Å². The number of nitrogens with zero attached hydrogens (tertiary/aromatic N) is 1. The van der Waals surface area contributed by atoms with E-state index < -0.39 is 10.0 Å². The summed E-state index contributed by atoms with van der Waals surface area (Å²) in [5.41, 5.74) is 1.86. The zero-order valence-corrected chi connectivity index (χ0v) is 18.0. The number of sulfonamides is 1. The number of carbonyl (C=O) groups is 1. The molecule has 6 nitrogen and oxygen atoms in total. The minimum atomic E-state index is -3.87. The Morgan fingerprint density at radius 3 is 2.17 bits per heavy atom. The van der Waals surface area contributed by atoms with Gasteiger partial charge >= 0.3 is 0 Å². The van der Waals surface area contributed by atoms with Gasteiger partial charge in [0.05, 0.1) is 23.3 Å². The highest BCUT2D eigenvalue weighted by Gasteiger charge is 2.25. The lowest BCUT2D eigenvalue weighted by atomic mass is 10.1. The molecule has 0 aliphatic carbocycles. The van der Waals surface area contributed by atoms with Crippen molar-refractivity contribution in [1.82, 2.24) is 4.90 Å². The molecular formula is C22H28N2O4S. The maximum absolute atomic E-state index is 13.2. The summed E-state index contributed by atoms with van der Waals surface area (Å²) in [7, 11) is -2.32. The molecule has 0 aromatic heterocycles. The molecule has 1 aliphatic rings. The van der Waals surface area contributed by atoms with Gasteiger partial charge in [-0.25, -0.2) is 8.42 Å². The highest BCUT2D eigenvalue weighted by molar-refractivity contribution is 7.92. The van der Waals surface area contributed by atoms with Gasteiger partial charge in [0.2, 0.25) is 0 Å². The Morgan fingerprint density at radius 2 is 1.59 bits per heavy atom. The molecule has 1 amide bonds. The summed E-state index contributed by atoms with van der Waals surface area (Å²) in [5.74, 6) is 0.476. The third-order valence-electron chi connectivity index (χ3n) is 5.23. The molecule has 1 fully saturated rings. The molecule has 2 aromatic carbocycles. The molecule has 156 valence electrons. The molecule has 2 aromatic rings. The fourth-order valence-corrected chi connectivity index (χ4v) is 5.39. The fraction of sp³-hybridized carbons (Fsp3) is 0.409. The average Bonchev–Trinajstić information content (AvgIpc) is 2.96. The van der Waals surface area contributed by atoms with Crippen molar-refractivity contribution < 1.29 is 17.9 Å². The van der Waals surface area contributed by atoms with Crippen LogP contribution in [0.15, 0.2) is 41.3 Å². The lowest BCUT2D eigenvalue weighted by Crippen LogP contribution is -2.32. The number of hydrogen-bond acceptors (Lipinski definition) is 4. The minimum Gasteiger partial charge on any atom is -0.497 e. The summed E-state index contributed by atoms with van der Waals surface area (Å²) in [5, 5.41) is 0. The molecule has 0 unspecified atom stereocenters. The van der Waals surface area contributed by atoms with E-state index in [0.717, 1.165) is 25.7 Å². The predicted octanol–water partition coefficient (Wildman–Crippen LogP) is 4.13. The second-order valence-corrected chi connectivity index (χ2v) is 9.07. The van der Waals surface area contributed by atoms with Gasteiger partial charge in [0.1, 0.15) is 5.75 Å². The largest absolute Gasteiger partial charge is 0.497 e. The Hall–Kier alpha value is -2.54. The number of para-hydroxylation sites is 1. The number of rotatable bonds is 5. The Kier molecular flexibility index (Phi) is 6.47. The summed E-state index contributed by atoms with van der Waals surface area (Å²) in [4.78, 5) is 15.1. The van der Waals surface area contributed by atoms with E-state index in [2.05, 4.69) is 4.72 Å². The van der Waals surface area contributed by atoms with E-state index in [1.165, 1.54) is 0 Å². The Labute approximate surface area is 172 Å². The van der Waals surface area contributed by atoms with Crippen LogP contribution in [-0.2, 0) is 10.0 Å². The number of amides is 1. The Balaban J connectivity index is 1.94. The maximum Gasteiger partial charge on any atom is 0.262 e. The molecule has 1 heterocycles. The molecule has 29 heavy (non-hydrogen) atoms. The highest BCUT2D eigenvalue weighted by atomic mass is 32.2. The van der Waals surface area contributed by atoms with E-state index in [0.29, 0.717) is 41.2 Å². The lowest BCUT2D eigenvalue weighted by Gasteiger charge is -2.22. The lowest BCUT2D eigenvalue weighted by molar-refractivity contribution is 0.0762. The Morgan fingerprint density at radius 1 is 1.00 bits per heavy atom. The van der Waals surface area contributed by atoms with E-state index in [-0.39, 0.29) is 10.8 Å².